The minimum Gasteiger partial charge on any atom is -0.424 e. The van der Waals surface area contributed by atoms with Gasteiger partial charge in [0, 0.05) is 18.7 Å². The standard InChI is InChI=1S/C11H12N4O5/c12-10(16)6-19-4-3-13-11-14-8-5-7(15(17)18)1-2-9(8)20-11/h1-2,5H,3-4,6H2,(H2,12,16)(H,13,14). The van der Waals surface area contributed by atoms with Gasteiger partial charge in [0.15, 0.2) is 5.58 Å². The number of nitrogens with zero attached hydrogens (tertiary/aromatic N) is 2. The zero-order valence-corrected chi connectivity index (χ0v) is 10.4. The zero-order valence-electron chi connectivity index (χ0n) is 10.4. The van der Waals surface area contributed by atoms with E-state index in [1.54, 1.807) is 0 Å². The van der Waals surface area contributed by atoms with Gasteiger partial charge < -0.3 is 20.2 Å². The minimum absolute atomic E-state index is 0.0536. The van der Waals surface area contributed by atoms with Crippen LogP contribution in [0.1, 0.15) is 0 Å². The molecule has 0 atom stereocenters. The van der Waals surface area contributed by atoms with Crippen molar-refractivity contribution < 1.29 is 18.9 Å². The maximum absolute atomic E-state index is 10.6. The number of benzene rings is 1. The number of carbonyl (C=O) groups is 1. The molecule has 9 nitrogen and oxygen atoms in total. The molecule has 0 aliphatic rings. The van der Waals surface area contributed by atoms with E-state index in [2.05, 4.69) is 10.3 Å². The average molecular weight is 280 g/mol. The Morgan fingerprint density at radius 2 is 2.35 bits per heavy atom. The summed E-state index contributed by atoms with van der Waals surface area (Å²) < 4.78 is 10.3. The Kier molecular flexibility index (Phi) is 4.11. The van der Waals surface area contributed by atoms with Crippen LogP contribution >= 0.6 is 0 Å². The molecule has 0 aliphatic carbocycles. The minimum atomic E-state index is -0.542. The molecule has 0 aliphatic heterocycles. The lowest BCUT2D eigenvalue weighted by Crippen LogP contribution is -2.20. The van der Waals surface area contributed by atoms with Crippen LogP contribution in [0.25, 0.3) is 11.1 Å². The van der Waals surface area contributed by atoms with Gasteiger partial charge in [-0.25, -0.2) is 0 Å². The lowest BCUT2D eigenvalue weighted by atomic mass is 10.3. The van der Waals surface area contributed by atoms with Gasteiger partial charge >= 0.3 is 0 Å². The highest BCUT2D eigenvalue weighted by Gasteiger charge is 2.11. The van der Waals surface area contributed by atoms with Gasteiger partial charge in [0.2, 0.25) is 5.91 Å². The molecular weight excluding hydrogens is 268 g/mol. The molecule has 0 radical (unpaired) electrons. The van der Waals surface area contributed by atoms with E-state index < -0.39 is 10.8 Å². The van der Waals surface area contributed by atoms with E-state index in [1.165, 1.54) is 18.2 Å². The summed E-state index contributed by atoms with van der Waals surface area (Å²) in [7, 11) is 0. The summed E-state index contributed by atoms with van der Waals surface area (Å²) in [5.74, 6) is -0.542. The van der Waals surface area contributed by atoms with E-state index >= 15 is 0 Å². The maximum Gasteiger partial charge on any atom is 0.295 e. The number of carbonyl (C=O) groups excluding carboxylic acids is 1. The lowest BCUT2D eigenvalue weighted by molar-refractivity contribution is -0.384. The number of ether oxygens (including phenoxy) is 1. The van der Waals surface area contributed by atoms with E-state index in [-0.39, 0.29) is 24.9 Å². The van der Waals surface area contributed by atoms with Crippen molar-refractivity contribution in [3.63, 3.8) is 0 Å². The number of oxazole rings is 1. The molecule has 1 amide bonds. The summed E-state index contributed by atoms with van der Waals surface area (Å²) in [6.07, 6.45) is 0. The molecule has 0 spiro atoms. The van der Waals surface area contributed by atoms with Gasteiger partial charge in [0.25, 0.3) is 11.7 Å². The Hall–Kier alpha value is -2.68. The molecule has 0 fully saturated rings. The van der Waals surface area contributed by atoms with Crippen LogP contribution in [0.15, 0.2) is 22.6 Å². The summed E-state index contributed by atoms with van der Waals surface area (Å²) in [6.45, 7) is 0.464. The molecular formula is C11H12N4O5. The Balaban J connectivity index is 1.94. The van der Waals surface area contributed by atoms with Gasteiger partial charge in [0.05, 0.1) is 11.5 Å². The summed E-state index contributed by atoms with van der Waals surface area (Å²) in [5.41, 5.74) is 5.68. The van der Waals surface area contributed by atoms with Crippen molar-refractivity contribution in [2.45, 2.75) is 0 Å². The lowest BCUT2D eigenvalue weighted by Gasteiger charge is -2.01. The molecule has 2 rings (SSSR count). The van der Waals surface area contributed by atoms with Crippen molar-refractivity contribution in [3.05, 3.63) is 28.3 Å². The van der Waals surface area contributed by atoms with Crippen LogP contribution in [0.2, 0.25) is 0 Å². The Morgan fingerprint density at radius 3 is 3.05 bits per heavy atom. The van der Waals surface area contributed by atoms with E-state index in [4.69, 9.17) is 14.9 Å². The van der Waals surface area contributed by atoms with Crippen molar-refractivity contribution in [1.82, 2.24) is 4.98 Å². The van der Waals surface area contributed by atoms with E-state index in [0.29, 0.717) is 17.6 Å². The van der Waals surface area contributed by atoms with Gasteiger partial charge in [0.1, 0.15) is 12.1 Å². The highest BCUT2D eigenvalue weighted by Crippen LogP contribution is 2.23. The SMILES string of the molecule is NC(=O)COCCNc1nc2cc([N+](=O)[O-])ccc2o1. The monoisotopic (exact) mass is 280 g/mol. The first-order chi connectivity index (χ1) is 9.56. The van der Waals surface area contributed by atoms with Crippen LogP contribution in [0.5, 0.6) is 0 Å². The summed E-state index contributed by atoms with van der Waals surface area (Å²) in [5, 5.41) is 13.5. The topological polar surface area (TPSA) is 134 Å². The average Bonchev–Trinajstić information content (AvgIpc) is 2.79. The predicted octanol–water partition coefficient (Wildman–Crippen LogP) is 0.650. The van der Waals surface area contributed by atoms with E-state index in [0.717, 1.165) is 0 Å². The predicted molar refractivity (Wildman–Crippen MR) is 69.2 cm³/mol. The number of nitro benzene ring substituents is 1. The zero-order chi connectivity index (χ0) is 14.5. The number of hydrogen-bond acceptors (Lipinski definition) is 7. The van der Waals surface area contributed by atoms with Crippen molar-refractivity contribution >= 4 is 28.7 Å². The number of amides is 1. The first-order valence-electron chi connectivity index (χ1n) is 5.71. The van der Waals surface area contributed by atoms with Crippen LogP contribution in [0.3, 0.4) is 0 Å². The van der Waals surface area contributed by atoms with E-state index in [1.807, 2.05) is 0 Å². The second kappa shape index (κ2) is 5.97. The fraction of sp³-hybridized carbons (Fsp3) is 0.273. The molecule has 20 heavy (non-hydrogen) atoms. The Bertz CT molecular complexity index is 639. The molecule has 0 bridgehead atoms. The number of nitrogens with one attached hydrogen (secondary N) is 1. The molecule has 3 N–H and O–H groups in total. The molecule has 0 unspecified atom stereocenters. The normalized spacial score (nSPS) is 10.6. The fourth-order valence-electron chi connectivity index (χ4n) is 1.51. The van der Waals surface area contributed by atoms with Crippen LogP contribution in [0.4, 0.5) is 11.7 Å². The molecule has 0 saturated heterocycles. The molecule has 9 heteroatoms. The van der Waals surface area contributed by atoms with Crippen LogP contribution in [0, 0.1) is 10.1 Å². The van der Waals surface area contributed by atoms with Crippen LogP contribution < -0.4 is 11.1 Å². The first kappa shape index (κ1) is 13.7. The van der Waals surface area contributed by atoms with Gasteiger partial charge in [-0.1, -0.05) is 0 Å². The van der Waals surface area contributed by atoms with E-state index in [9.17, 15) is 14.9 Å². The second-order valence-electron chi connectivity index (χ2n) is 3.87. The largest absolute Gasteiger partial charge is 0.424 e. The number of hydrogen-bond donors (Lipinski definition) is 2. The van der Waals surface area contributed by atoms with Crippen molar-refractivity contribution in [2.75, 3.05) is 25.1 Å². The highest BCUT2D eigenvalue weighted by atomic mass is 16.6. The van der Waals surface area contributed by atoms with Crippen LogP contribution in [-0.4, -0.2) is 35.6 Å². The molecule has 0 saturated carbocycles. The Labute approximate surface area is 112 Å². The number of primary amides is 1. The fourth-order valence-corrected chi connectivity index (χ4v) is 1.51. The summed E-state index contributed by atoms with van der Waals surface area (Å²) >= 11 is 0. The smallest absolute Gasteiger partial charge is 0.295 e. The quantitative estimate of drug-likeness (QED) is 0.432. The maximum atomic E-state index is 10.6. The third-order valence-corrected chi connectivity index (χ3v) is 2.35. The third-order valence-electron chi connectivity index (χ3n) is 2.35. The van der Waals surface area contributed by atoms with Crippen molar-refractivity contribution in [3.8, 4) is 0 Å². The number of nitrogens with two attached hydrogens (primary N) is 1. The Morgan fingerprint density at radius 1 is 1.55 bits per heavy atom. The second-order valence-corrected chi connectivity index (χ2v) is 3.87. The van der Waals surface area contributed by atoms with Crippen molar-refractivity contribution in [1.29, 1.82) is 0 Å². The molecule has 2 aromatic rings. The van der Waals surface area contributed by atoms with Gasteiger partial charge in [-0.2, -0.15) is 4.98 Å². The third kappa shape index (κ3) is 3.42. The molecule has 1 aromatic heterocycles. The summed E-state index contributed by atoms with van der Waals surface area (Å²) in [6, 6.07) is 4.37. The molecule has 1 heterocycles. The van der Waals surface area contributed by atoms with Gasteiger partial charge in [-0.3, -0.25) is 14.9 Å². The number of rotatable bonds is 7. The number of nitro groups is 1. The first-order valence-corrected chi connectivity index (χ1v) is 5.71. The molecule has 1 aromatic carbocycles. The highest BCUT2D eigenvalue weighted by molar-refractivity contribution is 5.77. The number of non-ortho nitro benzene ring substituents is 1. The van der Waals surface area contributed by atoms with Crippen molar-refractivity contribution in [2.24, 2.45) is 5.73 Å². The van der Waals surface area contributed by atoms with Gasteiger partial charge in [-0.15, -0.1) is 0 Å². The number of anilines is 1. The van der Waals surface area contributed by atoms with Gasteiger partial charge in [-0.05, 0) is 6.07 Å². The molecule has 106 valence electrons. The number of aromatic nitrogens is 1. The number of fused-ring (bicyclic) bond motifs is 1. The van der Waals surface area contributed by atoms with Crippen LogP contribution in [-0.2, 0) is 9.53 Å². The summed E-state index contributed by atoms with van der Waals surface area (Å²) in [4.78, 5) is 24.6.